The average Bonchev–Trinajstić information content (AvgIpc) is 2.54. The number of halogens is 3. The number of nitro groups is 2. The summed E-state index contributed by atoms with van der Waals surface area (Å²) in [5.41, 5.74) is -2.98. The number of ether oxygens (including phenoxy) is 1. The third-order valence-corrected chi connectivity index (χ3v) is 2.99. The fourth-order valence-corrected chi connectivity index (χ4v) is 1.86. The molecule has 0 atom stereocenters. The maximum absolute atomic E-state index is 12.7. The molecule has 2 aromatic rings. The van der Waals surface area contributed by atoms with Gasteiger partial charge in [0.1, 0.15) is 0 Å². The minimum absolute atomic E-state index is 0.0547. The molecule has 0 spiro atoms. The second-order valence-corrected chi connectivity index (χ2v) is 4.59. The lowest BCUT2D eigenvalue weighted by Gasteiger charge is -2.10. The molecule has 0 saturated carbocycles. The molecule has 0 radical (unpaired) electrons. The van der Waals surface area contributed by atoms with Crippen LogP contribution in [0.5, 0.6) is 11.5 Å². The average molecular weight is 353 g/mol. The Hall–Kier alpha value is -3.68. The van der Waals surface area contributed by atoms with Crippen LogP contribution in [-0.2, 0) is 6.18 Å². The van der Waals surface area contributed by atoms with Crippen LogP contribution in [0.3, 0.4) is 0 Å². The summed E-state index contributed by atoms with van der Waals surface area (Å²) in [7, 11) is 0. The van der Waals surface area contributed by atoms with E-state index in [-0.39, 0.29) is 11.6 Å². The van der Waals surface area contributed by atoms with Gasteiger partial charge < -0.3 is 4.74 Å². The van der Waals surface area contributed by atoms with Gasteiger partial charge in [-0.1, -0.05) is 0 Å². The van der Waals surface area contributed by atoms with E-state index in [0.29, 0.717) is 12.1 Å². The van der Waals surface area contributed by atoms with Crippen molar-refractivity contribution in [1.82, 2.24) is 0 Å². The zero-order valence-corrected chi connectivity index (χ0v) is 12.0. The van der Waals surface area contributed by atoms with E-state index in [1.165, 1.54) is 0 Å². The number of benzene rings is 2. The maximum atomic E-state index is 12.7. The molecule has 0 N–H and O–H groups in total. The van der Waals surface area contributed by atoms with Crippen molar-refractivity contribution in [3.05, 3.63) is 67.8 Å². The minimum Gasteiger partial charge on any atom is -0.443 e. The lowest BCUT2D eigenvalue weighted by molar-refractivity contribution is -0.387. The molecule has 0 fully saturated rings. The van der Waals surface area contributed by atoms with E-state index in [1.54, 1.807) is 6.07 Å². The van der Waals surface area contributed by atoms with Gasteiger partial charge in [-0.2, -0.15) is 18.4 Å². The Morgan fingerprint density at radius 3 is 1.96 bits per heavy atom. The molecule has 0 aliphatic carbocycles. The molecule has 0 heterocycles. The Morgan fingerprint density at radius 1 is 0.960 bits per heavy atom. The highest BCUT2D eigenvalue weighted by molar-refractivity contribution is 5.56. The summed E-state index contributed by atoms with van der Waals surface area (Å²) >= 11 is 0. The lowest BCUT2D eigenvalue weighted by atomic mass is 10.1. The first kappa shape index (κ1) is 17.7. The fourth-order valence-electron chi connectivity index (χ4n) is 1.86. The molecule has 0 aliphatic rings. The van der Waals surface area contributed by atoms with Crippen molar-refractivity contribution < 1.29 is 27.8 Å². The number of nitro benzene ring substituents is 2. The molecule has 0 unspecified atom stereocenters. The SMILES string of the molecule is N#Cc1ccc(Oc2ccc(C(F)(F)F)cc2[N+](=O)[O-])c([N+](=O)[O-])c1. The van der Waals surface area contributed by atoms with E-state index in [2.05, 4.69) is 0 Å². The summed E-state index contributed by atoms with van der Waals surface area (Å²) in [6.07, 6.45) is -4.80. The Labute approximate surface area is 137 Å². The quantitative estimate of drug-likeness (QED) is 0.600. The minimum atomic E-state index is -4.80. The van der Waals surface area contributed by atoms with Gasteiger partial charge in [-0.05, 0) is 24.3 Å². The topological polar surface area (TPSA) is 119 Å². The van der Waals surface area contributed by atoms with Crippen molar-refractivity contribution in [3.8, 4) is 17.6 Å². The normalized spacial score (nSPS) is 10.8. The van der Waals surface area contributed by atoms with Gasteiger partial charge in [-0.25, -0.2) is 0 Å². The van der Waals surface area contributed by atoms with Crippen molar-refractivity contribution in [2.24, 2.45) is 0 Å². The van der Waals surface area contributed by atoms with Crippen molar-refractivity contribution >= 4 is 11.4 Å². The molecule has 128 valence electrons. The van der Waals surface area contributed by atoms with E-state index >= 15 is 0 Å². The fraction of sp³-hybridized carbons (Fsp3) is 0.0714. The van der Waals surface area contributed by atoms with Crippen LogP contribution in [0.2, 0.25) is 0 Å². The van der Waals surface area contributed by atoms with Crippen LogP contribution in [0.1, 0.15) is 11.1 Å². The highest BCUT2D eigenvalue weighted by atomic mass is 19.4. The first-order valence-electron chi connectivity index (χ1n) is 6.35. The Bertz CT molecular complexity index is 906. The number of rotatable bonds is 4. The van der Waals surface area contributed by atoms with Gasteiger partial charge in [-0.15, -0.1) is 0 Å². The Kier molecular flexibility index (Phi) is 4.55. The van der Waals surface area contributed by atoms with Gasteiger partial charge in [0, 0.05) is 12.1 Å². The van der Waals surface area contributed by atoms with E-state index in [4.69, 9.17) is 10.00 Å². The van der Waals surface area contributed by atoms with Crippen LogP contribution in [-0.4, -0.2) is 9.85 Å². The summed E-state index contributed by atoms with van der Waals surface area (Å²) in [4.78, 5) is 20.0. The van der Waals surface area contributed by atoms with Gasteiger partial charge >= 0.3 is 17.6 Å². The maximum Gasteiger partial charge on any atom is 0.416 e. The molecule has 2 rings (SSSR count). The zero-order chi connectivity index (χ0) is 18.8. The van der Waals surface area contributed by atoms with Gasteiger partial charge in [-0.3, -0.25) is 20.2 Å². The Morgan fingerprint density at radius 2 is 1.48 bits per heavy atom. The van der Waals surface area contributed by atoms with Crippen molar-refractivity contribution in [1.29, 1.82) is 5.26 Å². The molecule has 8 nitrogen and oxygen atoms in total. The van der Waals surface area contributed by atoms with Crippen LogP contribution >= 0.6 is 0 Å². The molecular weight excluding hydrogens is 347 g/mol. The van der Waals surface area contributed by atoms with E-state index in [0.717, 1.165) is 18.2 Å². The van der Waals surface area contributed by atoms with Crippen molar-refractivity contribution in [2.75, 3.05) is 0 Å². The van der Waals surface area contributed by atoms with Crippen molar-refractivity contribution in [2.45, 2.75) is 6.18 Å². The summed E-state index contributed by atoms with van der Waals surface area (Å²) in [6.45, 7) is 0. The van der Waals surface area contributed by atoms with Crippen molar-refractivity contribution in [3.63, 3.8) is 0 Å². The largest absolute Gasteiger partial charge is 0.443 e. The van der Waals surface area contributed by atoms with Gasteiger partial charge in [0.05, 0.1) is 27.0 Å². The molecule has 0 saturated heterocycles. The van der Waals surface area contributed by atoms with E-state index < -0.39 is 44.5 Å². The Balaban J connectivity index is 2.53. The zero-order valence-electron chi connectivity index (χ0n) is 12.0. The molecule has 0 aromatic heterocycles. The third-order valence-electron chi connectivity index (χ3n) is 2.99. The van der Waals surface area contributed by atoms with Crippen LogP contribution in [0.15, 0.2) is 36.4 Å². The van der Waals surface area contributed by atoms with Crippen LogP contribution in [0.4, 0.5) is 24.5 Å². The van der Waals surface area contributed by atoms with Crippen LogP contribution in [0.25, 0.3) is 0 Å². The molecule has 0 aliphatic heterocycles. The highest BCUT2D eigenvalue weighted by Crippen LogP contribution is 2.40. The smallest absolute Gasteiger partial charge is 0.416 e. The monoisotopic (exact) mass is 353 g/mol. The second-order valence-electron chi connectivity index (χ2n) is 4.59. The predicted molar refractivity (Wildman–Crippen MR) is 76.0 cm³/mol. The standard InChI is InChI=1S/C14H6F3N3O5/c15-14(16,17)9-2-4-13(11(6-9)20(23)24)25-12-3-1-8(7-18)5-10(12)19(21)22/h1-6H. The van der Waals surface area contributed by atoms with Gasteiger partial charge in [0.2, 0.25) is 11.5 Å². The summed E-state index contributed by atoms with van der Waals surface area (Å²) in [6, 6.07) is 6.26. The van der Waals surface area contributed by atoms with E-state index in [9.17, 15) is 33.4 Å². The molecule has 25 heavy (non-hydrogen) atoms. The lowest BCUT2D eigenvalue weighted by Crippen LogP contribution is -2.06. The summed E-state index contributed by atoms with van der Waals surface area (Å²) in [5.74, 6) is -1.06. The highest BCUT2D eigenvalue weighted by Gasteiger charge is 2.33. The first-order chi connectivity index (χ1) is 11.6. The molecule has 11 heteroatoms. The summed E-state index contributed by atoms with van der Waals surface area (Å²) in [5, 5.41) is 30.7. The van der Waals surface area contributed by atoms with Gasteiger partial charge in [0.25, 0.3) is 0 Å². The number of alkyl halides is 3. The van der Waals surface area contributed by atoms with E-state index in [1.807, 2.05) is 0 Å². The third kappa shape index (κ3) is 3.81. The summed E-state index contributed by atoms with van der Waals surface area (Å²) < 4.78 is 43.1. The second kappa shape index (κ2) is 6.44. The first-order valence-corrected chi connectivity index (χ1v) is 6.35. The number of nitrogens with zero attached hydrogens (tertiary/aromatic N) is 3. The number of nitriles is 1. The number of hydrogen-bond acceptors (Lipinski definition) is 6. The number of hydrogen-bond donors (Lipinski definition) is 0. The van der Waals surface area contributed by atoms with Crippen LogP contribution < -0.4 is 4.74 Å². The molecular formula is C14H6F3N3O5. The van der Waals surface area contributed by atoms with Gasteiger partial charge in [0.15, 0.2) is 0 Å². The predicted octanol–water partition coefficient (Wildman–Crippen LogP) is 4.19. The van der Waals surface area contributed by atoms with Crippen LogP contribution in [0, 0.1) is 31.6 Å². The molecule has 2 aromatic carbocycles. The molecule has 0 bridgehead atoms. The molecule has 0 amide bonds.